The third-order valence-electron chi connectivity index (χ3n) is 7.37. The first-order valence-corrected chi connectivity index (χ1v) is 12.8. The van der Waals surface area contributed by atoms with Crippen LogP contribution in [0.3, 0.4) is 0 Å². The number of methoxy groups -OCH3 is 2. The minimum atomic E-state index is -0.193. The van der Waals surface area contributed by atoms with Crippen LogP contribution >= 0.6 is 0 Å². The van der Waals surface area contributed by atoms with Crippen LogP contribution in [-0.2, 0) is 22.5 Å². The Morgan fingerprint density at radius 2 is 1.72 bits per heavy atom. The quantitative estimate of drug-likeness (QED) is 0.334. The van der Waals surface area contributed by atoms with E-state index in [1.54, 1.807) is 20.3 Å². The number of benzene rings is 3. The zero-order chi connectivity index (χ0) is 24.9. The number of piperidine rings is 1. The zero-order valence-corrected chi connectivity index (χ0v) is 21.1. The minimum Gasteiger partial charge on any atom is -0.489 e. The molecule has 0 radical (unpaired) electrons. The van der Waals surface area contributed by atoms with E-state index in [-0.39, 0.29) is 12.1 Å². The van der Waals surface area contributed by atoms with Gasteiger partial charge in [-0.15, -0.1) is 0 Å². The molecule has 0 atom stereocenters. The molecule has 188 valence electrons. The maximum Gasteiger partial charge on any atom is 0.159 e. The molecule has 5 heteroatoms. The summed E-state index contributed by atoms with van der Waals surface area (Å²) in [5.41, 5.74) is 6.24. The molecular weight excluding hydrogens is 453 g/mol. The number of nitrogens with zero attached hydrogens (tertiary/aromatic N) is 1. The van der Waals surface area contributed by atoms with Gasteiger partial charge in [0.15, 0.2) is 6.29 Å². The van der Waals surface area contributed by atoms with Crippen molar-refractivity contribution in [3.8, 4) is 5.75 Å². The largest absolute Gasteiger partial charge is 0.489 e. The van der Waals surface area contributed by atoms with Crippen LogP contribution in [-0.4, -0.2) is 33.6 Å². The number of rotatable bonds is 8. The number of allylic oxidation sites excluding steroid dienone is 1. The molecule has 0 N–H and O–H groups in total. The Morgan fingerprint density at radius 1 is 0.944 bits per heavy atom. The first-order chi connectivity index (χ1) is 17.7. The van der Waals surface area contributed by atoms with E-state index in [0.717, 1.165) is 66.8 Å². The van der Waals surface area contributed by atoms with Gasteiger partial charge < -0.3 is 19.1 Å². The predicted octanol–water partition coefficient (Wildman–Crippen LogP) is 6.62. The molecule has 0 saturated carbocycles. The number of aryl methyl sites for hydroxylation is 1. The molecule has 1 aliphatic carbocycles. The molecule has 4 nitrogen and oxygen atoms in total. The fourth-order valence-corrected chi connectivity index (χ4v) is 5.45. The fraction of sp³-hybridized carbons (Fsp3) is 0.355. The first-order valence-electron chi connectivity index (χ1n) is 12.8. The van der Waals surface area contributed by atoms with Gasteiger partial charge in [0, 0.05) is 33.2 Å². The second-order valence-corrected chi connectivity index (χ2v) is 9.58. The molecule has 1 heterocycles. The zero-order valence-electron chi connectivity index (χ0n) is 21.1. The molecule has 3 aromatic rings. The van der Waals surface area contributed by atoms with E-state index >= 15 is 4.39 Å². The normalized spacial score (nSPS) is 16.1. The first kappa shape index (κ1) is 24.5. The number of halogens is 1. The smallest absolute Gasteiger partial charge is 0.159 e. The minimum absolute atomic E-state index is 0.170. The number of ether oxygens (including phenoxy) is 3. The molecule has 3 aromatic carbocycles. The number of anilines is 1. The highest BCUT2D eigenvalue weighted by Gasteiger charge is 2.28. The third-order valence-corrected chi connectivity index (χ3v) is 7.37. The van der Waals surface area contributed by atoms with Gasteiger partial charge in [-0.05, 0) is 77.8 Å². The summed E-state index contributed by atoms with van der Waals surface area (Å²) in [5, 5.41) is 0. The molecule has 0 aromatic heterocycles. The van der Waals surface area contributed by atoms with Gasteiger partial charge in [0.2, 0.25) is 0 Å². The Hall–Kier alpha value is -3.15. The Kier molecular flexibility index (Phi) is 7.69. The van der Waals surface area contributed by atoms with Crippen molar-refractivity contribution in [3.05, 3.63) is 101 Å². The summed E-state index contributed by atoms with van der Waals surface area (Å²) in [6.07, 6.45) is 5.76. The van der Waals surface area contributed by atoms with E-state index in [2.05, 4.69) is 41.3 Å². The molecule has 0 bridgehead atoms. The average Bonchev–Trinajstić information content (AvgIpc) is 2.93. The van der Waals surface area contributed by atoms with Crippen LogP contribution in [0.5, 0.6) is 5.75 Å². The van der Waals surface area contributed by atoms with Crippen molar-refractivity contribution in [2.24, 2.45) is 5.92 Å². The van der Waals surface area contributed by atoms with Gasteiger partial charge in [-0.25, -0.2) is 4.39 Å². The van der Waals surface area contributed by atoms with Crippen molar-refractivity contribution < 1.29 is 18.6 Å². The lowest BCUT2D eigenvalue weighted by Crippen LogP contribution is -2.39. The highest BCUT2D eigenvalue weighted by Crippen LogP contribution is 2.36. The Bertz CT molecular complexity index is 1200. The van der Waals surface area contributed by atoms with Crippen molar-refractivity contribution in [2.45, 2.75) is 38.6 Å². The highest BCUT2D eigenvalue weighted by molar-refractivity contribution is 5.83. The van der Waals surface area contributed by atoms with Gasteiger partial charge in [-0.2, -0.15) is 0 Å². The van der Waals surface area contributed by atoms with Crippen LogP contribution in [0, 0.1) is 11.7 Å². The molecular formula is C31H34FNO3. The third kappa shape index (κ3) is 5.32. The molecule has 1 aliphatic heterocycles. The summed E-state index contributed by atoms with van der Waals surface area (Å²) in [4.78, 5) is 2.14. The summed E-state index contributed by atoms with van der Waals surface area (Å²) in [7, 11) is 3.35. The van der Waals surface area contributed by atoms with Crippen LogP contribution in [0.15, 0.2) is 72.8 Å². The van der Waals surface area contributed by atoms with Crippen LogP contribution in [0.1, 0.15) is 41.5 Å². The van der Waals surface area contributed by atoms with Gasteiger partial charge in [0.1, 0.15) is 18.2 Å². The maximum absolute atomic E-state index is 15.3. The Labute approximate surface area is 213 Å². The molecule has 0 amide bonds. The van der Waals surface area contributed by atoms with E-state index in [4.69, 9.17) is 14.2 Å². The molecule has 0 spiro atoms. The van der Waals surface area contributed by atoms with Gasteiger partial charge in [-0.3, -0.25) is 0 Å². The number of hydrogen-bond acceptors (Lipinski definition) is 4. The van der Waals surface area contributed by atoms with Crippen molar-refractivity contribution in [1.82, 2.24) is 0 Å². The van der Waals surface area contributed by atoms with E-state index < -0.39 is 0 Å². The number of fused-ring (bicyclic) bond motifs is 1. The highest BCUT2D eigenvalue weighted by atomic mass is 19.1. The summed E-state index contributed by atoms with van der Waals surface area (Å²) < 4.78 is 32.2. The lowest BCUT2D eigenvalue weighted by molar-refractivity contribution is -0.141. The van der Waals surface area contributed by atoms with Gasteiger partial charge in [0.25, 0.3) is 0 Å². The second kappa shape index (κ2) is 11.3. The molecule has 1 fully saturated rings. The summed E-state index contributed by atoms with van der Waals surface area (Å²) in [6.45, 7) is 2.13. The van der Waals surface area contributed by atoms with Gasteiger partial charge in [0.05, 0.1) is 5.69 Å². The second-order valence-electron chi connectivity index (χ2n) is 9.58. The van der Waals surface area contributed by atoms with E-state index in [1.807, 2.05) is 30.3 Å². The van der Waals surface area contributed by atoms with Crippen molar-refractivity contribution in [2.75, 3.05) is 32.2 Å². The Balaban J connectivity index is 1.28. The van der Waals surface area contributed by atoms with E-state index in [1.165, 1.54) is 5.56 Å². The summed E-state index contributed by atoms with van der Waals surface area (Å²) >= 11 is 0. The molecule has 5 rings (SSSR count). The summed E-state index contributed by atoms with van der Waals surface area (Å²) in [6, 6.07) is 22.1. The standard InChI is InChI=1S/C31H34FNO3/c1-34-31(35-2)23-15-17-33(18-16-23)30-14-11-25(20-29(30)32)27-10-6-9-24-19-26(12-13-28(24)27)36-21-22-7-4-3-5-8-22/h3-5,7-8,10-14,19-20,23,31H,6,9,15-18,21H2,1-2H3. The molecule has 0 unspecified atom stereocenters. The SMILES string of the molecule is COC(OC)C1CCN(c2ccc(C3=CCCc4cc(OCc5ccccc5)ccc43)cc2F)CC1. The molecule has 2 aliphatic rings. The van der Waals surface area contributed by atoms with Crippen molar-refractivity contribution in [3.63, 3.8) is 0 Å². The molecule has 1 saturated heterocycles. The molecule has 36 heavy (non-hydrogen) atoms. The monoisotopic (exact) mass is 487 g/mol. The van der Waals surface area contributed by atoms with Crippen LogP contribution in [0.4, 0.5) is 10.1 Å². The summed E-state index contributed by atoms with van der Waals surface area (Å²) in [5.74, 6) is 1.04. The van der Waals surface area contributed by atoms with E-state index in [0.29, 0.717) is 18.2 Å². The van der Waals surface area contributed by atoms with Crippen LogP contribution < -0.4 is 9.64 Å². The Morgan fingerprint density at radius 3 is 2.44 bits per heavy atom. The van der Waals surface area contributed by atoms with Crippen LogP contribution in [0.2, 0.25) is 0 Å². The predicted molar refractivity (Wildman–Crippen MR) is 142 cm³/mol. The van der Waals surface area contributed by atoms with Gasteiger partial charge >= 0.3 is 0 Å². The van der Waals surface area contributed by atoms with Crippen molar-refractivity contribution in [1.29, 1.82) is 0 Å². The lowest BCUT2D eigenvalue weighted by atomic mass is 9.86. The van der Waals surface area contributed by atoms with Crippen LogP contribution in [0.25, 0.3) is 5.57 Å². The lowest BCUT2D eigenvalue weighted by Gasteiger charge is -2.36. The maximum atomic E-state index is 15.3. The van der Waals surface area contributed by atoms with E-state index in [9.17, 15) is 0 Å². The average molecular weight is 488 g/mol. The fourth-order valence-electron chi connectivity index (χ4n) is 5.45. The topological polar surface area (TPSA) is 30.9 Å². The van der Waals surface area contributed by atoms with Gasteiger partial charge in [-0.1, -0.05) is 48.5 Å². The number of hydrogen-bond donors (Lipinski definition) is 0. The van der Waals surface area contributed by atoms with Crippen molar-refractivity contribution >= 4 is 11.3 Å².